The van der Waals surface area contributed by atoms with Crippen molar-refractivity contribution in [2.24, 2.45) is 0 Å². The van der Waals surface area contributed by atoms with Gasteiger partial charge in [-0.1, -0.05) is 0 Å². The summed E-state index contributed by atoms with van der Waals surface area (Å²) in [5.41, 5.74) is -0.0167. The van der Waals surface area contributed by atoms with E-state index in [9.17, 15) is 14.7 Å². The fraction of sp³-hybridized carbons (Fsp3) is 0.300. The number of aromatic nitrogens is 1. The Morgan fingerprint density at radius 1 is 1.41 bits per heavy atom. The highest BCUT2D eigenvalue weighted by Gasteiger charge is 2.26. The molecule has 0 saturated heterocycles. The van der Waals surface area contributed by atoms with Gasteiger partial charge in [-0.2, -0.15) is 0 Å². The van der Waals surface area contributed by atoms with Crippen molar-refractivity contribution in [3.8, 4) is 0 Å². The van der Waals surface area contributed by atoms with Gasteiger partial charge in [0.25, 0.3) is 0 Å². The van der Waals surface area contributed by atoms with Gasteiger partial charge in [0.1, 0.15) is 6.10 Å². The van der Waals surface area contributed by atoms with Crippen molar-refractivity contribution in [2.45, 2.75) is 12.2 Å². The molecule has 1 rings (SSSR count). The van der Waals surface area contributed by atoms with Crippen LogP contribution in [0.1, 0.15) is 22.2 Å². The third-order valence-corrected chi connectivity index (χ3v) is 2.06. The van der Waals surface area contributed by atoms with Gasteiger partial charge in [-0.15, -0.1) is 0 Å². The maximum absolute atomic E-state index is 11.2. The number of rotatable bonds is 4. The van der Waals surface area contributed by atoms with Gasteiger partial charge < -0.3 is 20.1 Å². The van der Waals surface area contributed by atoms with E-state index < -0.39 is 24.1 Å². The first-order chi connectivity index (χ1) is 7.97. The van der Waals surface area contributed by atoms with Gasteiger partial charge in [0.2, 0.25) is 0 Å². The Bertz CT molecular complexity index is 433. The second-order valence-corrected chi connectivity index (χ2v) is 3.19. The fourth-order valence-corrected chi connectivity index (χ4v) is 1.15. The number of aliphatic hydroxyl groups is 2. The Morgan fingerprint density at radius 2 is 2.06 bits per heavy atom. The molecular formula is C10H11NO6. The average Bonchev–Trinajstić information content (AvgIpc) is 2.36. The molecule has 17 heavy (non-hydrogen) atoms. The van der Waals surface area contributed by atoms with Crippen LogP contribution in [0, 0.1) is 0 Å². The summed E-state index contributed by atoms with van der Waals surface area (Å²) in [6.07, 6.45) is -2.51. The van der Waals surface area contributed by atoms with Gasteiger partial charge in [0, 0.05) is 6.20 Å². The predicted molar refractivity (Wildman–Crippen MR) is 54.2 cm³/mol. The van der Waals surface area contributed by atoms with Gasteiger partial charge >= 0.3 is 11.9 Å². The number of carbonyl (C=O) groups is 2. The molecule has 92 valence electrons. The molecule has 0 aliphatic carbocycles. The van der Waals surface area contributed by atoms with E-state index in [0.29, 0.717) is 0 Å². The van der Waals surface area contributed by atoms with E-state index in [0.717, 1.165) is 6.07 Å². The number of nitrogens with zero attached hydrogens (tertiary/aromatic N) is 1. The fourth-order valence-electron chi connectivity index (χ4n) is 1.15. The molecule has 0 aromatic carbocycles. The number of ether oxygens (including phenoxy) is 1. The second-order valence-electron chi connectivity index (χ2n) is 3.19. The highest BCUT2D eigenvalue weighted by Crippen LogP contribution is 2.16. The number of aliphatic carboxylic acids is 1. The van der Waals surface area contributed by atoms with Crippen LogP contribution < -0.4 is 0 Å². The zero-order valence-electron chi connectivity index (χ0n) is 8.90. The van der Waals surface area contributed by atoms with Crippen LogP contribution in [0.5, 0.6) is 0 Å². The van der Waals surface area contributed by atoms with Crippen molar-refractivity contribution in [1.29, 1.82) is 0 Å². The zero-order valence-corrected chi connectivity index (χ0v) is 8.90. The molecule has 0 bridgehead atoms. The van der Waals surface area contributed by atoms with E-state index in [1.807, 2.05) is 0 Å². The number of hydrogen-bond acceptors (Lipinski definition) is 6. The maximum Gasteiger partial charge on any atom is 0.337 e. The van der Waals surface area contributed by atoms with Crippen molar-refractivity contribution in [1.82, 2.24) is 4.98 Å². The summed E-state index contributed by atoms with van der Waals surface area (Å²) in [5, 5.41) is 27.1. The van der Waals surface area contributed by atoms with E-state index in [-0.39, 0.29) is 11.3 Å². The monoisotopic (exact) mass is 241 g/mol. The minimum Gasteiger partial charge on any atom is -0.479 e. The molecule has 0 amide bonds. The predicted octanol–water partition coefficient (Wildman–Crippen LogP) is -0.653. The quantitative estimate of drug-likeness (QED) is 0.599. The van der Waals surface area contributed by atoms with Crippen LogP contribution in [0.4, 0.5) is 0 Å². The lowest BCUT2D eigenvalue weighted by Crippen LogP contribution is -2.28. The van der Waals surface area contributed by atoms with Gasteiger partial charge in [-0.05, 0) is 12.1 Å². The van der Waals surface area contributed by atoms with Crippen LogP contribution in [0.15, 0.2) is 18.3 Å². The molecular weight excluding hydrogens is 230 g/mol. The summed E-state index contributed by atoms with van der Waals surface area (Å²) in [5.74, 6) is -2.23. The molecule has 0 radical (unpaired) electrons. The molecule has 7 heteroatoms. The Morgan fingerprint density at radius 3 is 2.59 bits per heavy atom. The highest BCUT2D eigenvalue weighted by molar-refractivity contribution is 5.89. The molecule has 1 heterocycles. The maximum atomic E-state index is 11.2. The van der Waals surface area contributed by atoms with Gasteiger partial charge in [0.15, 0.2) is 6.10 Å². The molecule has 0 fully saturated rings. The number of carboxylic acid groups (broad SMARTS) is 1. The average molecular weight is 241 g/mol. The van der Waals surface area contributed by atoms with Crippen LogP contribution >= 0.6 is 0 Å². The van der Waals surface area contributed by atoms with E-state index >= 15 is 0 Å². The van der Waals surface area contributed by atoms with Gasteiger partial charge in [-0.3, -0.25) is 4.98 Å². The molecule has 2 atom stereocenters. The lowest BCUT2D eigenvalue weighted by Gasteiger charge is -2.13. The van der Waals surface area contributed by atoms with E-state index in [1.54, 1.807) is 0 Å². The third-order valence-electron chi connectivity index (χ3n) is 2.06. The number of carboxylic acids is 1. The summed E-state index contributed by atoms with van der Waals surface area (Å²) in [6.45, 7) is 0. The van der Waals surface area contributed by atoms with Crippen molar-refractivity contribution in [2.75, 3.05) is 7.11 Å². The summed E-state index contributed by atoms with van der Waals surface area (Å²) in [4.78, 5) is 25.3. The van der Waals surface area contributed by atoms with Crippen molar-refractivity contribution >= 4 is 11.9 Å². The van der Waals surface area contributed by atoms with Crippen molar-refractivity contribution in [3.05, 3.63) is 29.6 Å². The number of hydrogen-bond donors (Lipinski definition) is 3. The van der Waals surface area contributed by atoms with Crippen LogP contribution in [-0.4, -0.2) is 45.5 Å². The van der Waals surface area contributed by atoms with Crippen LogP contribution in [-0.2, 0) is 9.53 Å². The Kier molecular flexibility index (Phi) is 4.13. The van der Waals surface area contributed by atoms with Crippen LogP contribution in [0.3, 0.4) is 0 Å². The van der Waals surface area contributed by atoms with E-state index in [2.05, 4.69) is 9.72 Å². The van der Waals surface area contributed by atoms with E-state index in [4.69, 9.17) is 10.2 Å². The zero-order chi connectivity index (χ0) is 13.0. The summed E-state index contributed by atoms with van der Waals surface area (Å²) < 4.78 is 4.45. The first kappa shape index (κ1) is 13.1. The molecule has 1 aromatic rings. The lowest BCUT2D eigenvalue weighted by molar-refractivity contribution is -0.153. The number of carbonyl (C=O) groups excluding carboxylic acids is 1. The standard InChI is InChI=1S/C10H11NO6/c1-17-10(16)5-2-3-11-6(4-5)7(12)8(13)9(14)15/h2-4,7-8,12-13H,1H3,(H,14,15). The van der Waals surface area contributed by atoms with E-state index in [1.165, 1.54) is 19.4 Å². The Labute approximate surface area is 96.3 Å². The topological polar surface area (TPSA) is 117 Å². The minimum absolute atomic E-state index is 0.106. The first-order valence-corrected chi connectivity index (χ1v) is 4.60. The summed E-state index contributed by atoms with van der Waals surface area (Å²) in [7, 11) is 1.19. The number of methoxy groups -OCH3 is 1. The second kappa shape index (κ2) is 5.37. The van der Waals surface area contributed by atoms with Crippen molar-refractivity contribution in [3.63, 3.8) is 0 Å². The third kappa shape index (κ3) is 2.99. The molecule has 7 nitrogen and oxygen atoms in total. The molecule has 0 aliphatic rings. The minimum atomic E-state index is -2.00. The molecule has 2 unspecified atom stereocenters. The number of aliphatic hydroxyl groups excluding tert-OH is 2. The van der Waals surface area contributed by atoms with Crippen molar-refractivity contribution < 1.29 is 29.6 Å². The molecule has 0 saturated carbocycles. The SMILES string of the molecule is COC(=O)c1ccnc(C(O)C(O)C(=O)O)c1. The van der Waals surface area contributed by atoms with Crippen LogP contribution in [0.25, 0.3) is 0 Å². The highest BCUT2D eigenvalue weighted by atomic mass is 16.5. The molecule has 3 N–H and O–H groups in total. The van der Waals surface area contributed by atoms with Gasteiger partial charge in [-0.25, -0.2) is 9.59 Å². The van der Waals surface area contributed by atoms with Gasteiger partial charge in [0.05, 0.1) is 18.4 Å². The molecule has 1 aromatic heterocycles. The Hall–Kier alpha value is -1.99. The smallest absolute Gasteiger partial charge is 0.337 e. The molecule has 0 spiro atoms. The largest absolute Gasteiger partial charge is 0.479 e. The van der Waals surface area contributed by atoms with Crippen LogP contribution in [0.2, 0.25) is 0 Å². The normalized spacial score (nSPS) is 13.8. The number of esters is 1. The summed E-state index contributed by atoms with van der Waals surface area (Å²) >= 11 is 0. The molecule has 0 aliphatic heterocycles. The lowest BCUT2D eigenvalue weighted by atomic mass is 10.1. The summed E-state index contributed by atoms with van der Waals surface area (Å²) in [6, 6.07) is 2.50. The Balaban J connectivity index is 2.99. The number of pyridine rings is 1. The first-order valence-electron chi connectivity index (χ1n) is 4.60.